The van der Waals surface area contributed by atoms with E-state index in [0.717, 1.165) is 29.8 Å². The van der Waals surface area contributed by atoms with Crippen LogP contribution in [0.5, 0.6) is 5.75 Å². The minimum atomic E-state index is 0.264. The van der Waals surface area contributed by atoms with Crippen LogP contribution in [0.2, 0.25) is 0 Å². The number of hydrogen-bond donors (Lipinski definition) is 1. The first-order chi connectivity index (χ1) is 13.6. The van der Waals surface area contributed by atoms with Crippen molar-refractivity contribution < 1.29 is 4.74 Å². The second-order valence-electron chi connectivity index (χ2n) is 7.38. The van der Waals surface area contributed by atoms with Gasteiger partial charge in [0.2, 0.25) is 0 Å². The molecule has 142 valence electrons. The molecule has 1 heterocycles. The Balaban J connectivity index is 1.65. The van der Waals surface area contributed by atoms with Crippen LogP contribution in [0.3, 0.4) is 0 Å². The summed E-state index contributed by atoms with van der Waals surface area (Å²) in [6.07, 6.45) is 9.89. The Kier molecular flexibility index (Phi) is 4.93. The molecule has 0 spiro atoms. The van der Waals surface area contributed by atoms with Crippen molar-refractivity contribution >= 4 is 23.1 Å². The maximum Gasteiger partial charge on any atom is 0.119 e. The molecule has 2 N–H and O–H groups in total. The third-order valence-electron chi connectivity index (χ3n) is 5.50. The van der Waals surface area contributed by atoms with Crippen molar-refractivity contribution in [2.45, 2.75) is 25.0 Å². The SMILES string of the molecule is C=C/C=C\c1c(C=C)c2ccc(-c3ccc(OC4CC(N)C4)cc3)cc2n1C. The van der Waals surface area contributed by atoms with Gasteiger partial charge in [0.25, 0.3) is 0 Å². The summed E-state index contributed by atoms with van der Waals surface area (Å²) in [6, 6.07) is 15.2. The minimum absolute atomic E-state index is 0.264. The number of hydrogen-bond acceptors (Lipinski definition) is 2. The number of rotatable bonds is 6. The molecular formula is C25H26N2O. The molecule has 3 heteroatoms. The van der Waals surface area contributed by atoms with E-state index in [0.29, 0.717) is 6.04 Å². The third-order valence-corrected chi connectivity index (χ3v) is 5.50. The molecular weight excluding hydrogens is 344 g/mol. The maximum absolute atomic E-state index is 5.96. The zero-order chi connectivity index (χ0) is 19.7. The average molecular weight is 370 g/mol. The van der Waals surface area contributed by atoms with Crippen LogP contribution in [-0.2, 0) is 7.05 Å². The average Bonchev–Trinajstić information content (AvgIpc) is 2.96. The van der Waals surface area contributed by atoms with Crippen LogP contribution in [0.25, 0.3) is 34.2 Å². The van der Waals surface area contributed by atoms with Gasteiger partial charge in [0.1, 0.15) is 11.9 Å². The molecule has 2 aromatic carbocycles. The highest BCUT2D eigenvalue weighted by Crippen LogP contribution is 2.32. The van der Waals surface area contributed by atoms with E-state index < -0.39 is 0 Å². The van der Waals surface area contributed by atoms with Gasteiger partial charge in [-0.25, -0.2) is 0 Å². The molecule has 1 aromatic heterocycles. The van der Waals surface area contributed by atoms with Crippen LogP contribution < -0.4 is 10.5 Å². The van der Waals surface area contributed by atoms with Crippen LogP contribution in [0.4, 0.5) is 0 Å². The molecule has 28 heavy (non-hydrogen) atoms. The van der Waals surface area contributed by atoms with Crippen molar-refractivity contribution in [3.05, 3.63) is 79.0 Å². The predicted octanol–water partition coefficient (Wildman–Crippen LogP) is 5.56. The van der Waals surface area contributed by atoms with Gasteiger partial charge in [-0.1, -0.05) is 55.7 Å². The van der Waals surface area contributed by atoms with Crippen molar-refractivity contribution in [2.75, 3.05) is 0 Å². The van der Waals surface area contributed by atoms with Crippen molar-refractivity contribution in [1.29, 1.82) is 0 Å². The largest absolute Gasteiger partial charge is 0.490 e. The number of nitrogens with two attached hydrogens (primary N) is 1. The first-order valence-corrected chi connectivity index (χ1v) is 9.67. The molecule has 0 aliphatic heterocycles. The molecule has 1 fully saturated rings. The van der Waals surface area contributed by atoms with E-state index in [-0.39, 0.29) is 6.10 Å². The van der Waals surface area contributed by atoms with Gasteiger partial charge in [0.15, 0.2) is 0 Å². The topological polar surface area (TPSA) is 40.2 Å². The van der Waals surface area contributed by atoms with Gasteiger partial charge in [0, 0.05) is 35.2 Å². The molecule has 1 saturated carbocycles. The Morgan fingerprint density at radius 3 is 2.43 bits per heavy atom. The molecule has 0 amide bonds. The highest BCUT2D eigenvalue weighted by atomic mass is 16.5. The van der Waals surface area contributed by atoms with Gasteiger partial charge in [-0.15, -0.1) is 0 Å². The fourth-order valence-electron chi connectivity index (χ4n) is 3.86. The molecule has 1 aliphatic carbocycles. The monoisotopic (exact) mass is 370 g/mol. The molecule has 3 nitrogen and oxygen atoms in total. The summed E-state index contributed by atoms with van der Waals surface area (Å²) < 4.78 is 8.16. The third kappa shape index (κ3) is 3.30. The number of fused-ring (bicyclic) bond motifs is 1. The summed E-state index contributed by atoms with van der Waals surface area (Å²) in [5.41, 5.74) is 11.6. The lowest BCUT2D eigenvalue weighted by Gasteiger charge is -2.32. The first kappa shape index (κ1) is 18.3. The van der Waals surface area contributed by atoms with Gasteiger partial charge in [0.05, 0.1) is 0 Å². The highest BCUT2D eigenvalue weighted by molar-refractivity contribution is 5.96. The van der Waals surface area contributed by atoms with Crippen LogP contribution in [0, 0.1) is 0 Å². The van der Waals surface area contributed by atoms with E-state index >= 15 is 0 Å². The molecule has 0 atom stereocenters. The fourth-order valence-corrected chi connectivity index (χ4v) is 3.86. The van der Waals surface area contributed by atoms with Crippen molar-refractivity contribution in [3.8, 4) is 16.9 Å². The number of benzene rings is 2. The molecule has 0 radical (unpaired) electrons. The zero-order valence-corrected chi connectivity index (χ0v) is 16.3. The Hall–Kier alpha value is -3.04. The molecule has 1 aliphatic rings. The van der Waals surface area contributed by atoms with Gasteiger partial charge in [-0.05, 0) is 48.2 Å². The molecule has 3 aromatic rings. The fraction of sp³-hybridized carbons (Fsp3) is 0.200. The lowest BCUT2D eigenvalue weighted by atomic mass is 9.90. The highest BCUT2D eigenvalue weighted by Gasteiger charge is 2.27. The number of nitrogens with zero attached hydrogens (tertiary/aromatic N) is 1. The summed E-state index contributed by atoms with van der Waals surface area (Å²) in [6.45, 7) is 7.77. The number of allylic oxidation sites excluding steroid dienone is 2. The summed E-state index contributed by atoms with van der Waals surface area (Å²) >= 11 is 0. The van der Waals surface area contributed by atoms with E-state index in [1.165, 1.54) is 22.0 Å². The van der Waals surface area contributed by atoms with Gasteiger partial charge in [-0.3, -0.25) is 0 Å². The van der Waals surface area contributed by atoms with E-state index in [9.17, 15) is 0 Å². The lowest BCUT2D eigenvalue weighted by Crippen LogP contribution is -2.43. The van der Waals surface area contributed by atoms with Gasteiger partial charge in [-0.2, -0.15) is 0 Å². The summed E-state index contributed by atoms with van der Waals surface area (Å²) in [5.74, 6) is 0.909. The quantitative estimate of drug-likeness (QED) is 0.577. The molecule has 4 rings (SSSR count). The zero-order valence-electron chi connectivity index (χ0n) is 16.3. The summed E-state index contributed by atoms with van der Waals surface area (Å²) in [7, 11) is 2.09. The standard InChI is InChI=1S/C25H26N2O/c1-4-6-7-24-22(5-2)23-13-10-18(14-25(23)27(24)3)17-8-11-20(12-9-17)28-21-15-19(26)16-21/h4-14,19,21H,1-2,15-16,26H2,3H3/b7-6-. The normalized spacial score (nSPS) is 18.9. The van der Waals surface area contributed by atoms with Crippen molar-refractivity contribution in [1.82, 2.24) is 4.57 Å². The van der Waals surface area contributed by atoms with Gasteiger partial charge >= 0.3 is 0 Å². The smallest absolute Gasteiger partial charge is 0.119 e. The predicted molar refractivity (Wildman–Crippen MR) is 119 cm³/mol. The maximum atomic E-state index is 5.96. The second-order valence-corrected chi connectivity index (χ2v) is 7.38. The van der Waals surface area contributed by atoms with E-state index in [4.69, 9.17) is 10.5 Å². The Morgan fingerprint density at radius 1 is 1.07 bits per heavy atom. The molecule has 0 bridgehead atoms. The summed E-state index contributed by atoms with van der Waals surface area (Å²) in [5, 5.41) is 1.20. The van der Waals surface area contributed by atoms with E-state index in [1.807, 2.05) is 24.3 Å². The van der Waals surface area contributed by atoms with E-state index in [2.05, 4.69) is 61.2 Å². The first-order valence-electron chi connectivity index (χ1n) is 9.67. The number of aromatic nitrogens is 1. The Labute approximate surface area is 166 Å². The van der Waals surface area contributed by atoms with Crippen LogP contribution in [-0.4, -0.2) is 16.7 Å². The minimum Gasteiger partial charge on any atom is -0.490 e. The number of ether oxygens (including phenoxy) is 1. The van der Waals surface area contributed by atoms with Crippen LogP contribution in [0.1, 0.15) is 24.1 Å². The summed E-state index contributed by atoms with van der Waals surface area (Å²) in [4.78, 5) is 0. The molecule has 0 saturated heterocycles. The Morgan fingerprint density at radius 2 is 1.79 bits per heavy atom. The van der Waals surface area contributed by atoms with Crippen LogP contribution in [0.15, 0.2) is 67.8 Å². The van der Waals surface area contributed by atoms with Crippen molar-refractivity contribution in [3.63, 3.8) is 0 Å². The van der Waals surface area contributed by atoms with Crippen LogP contribution >= 0.6 is 0 Å². The van der Waals surface area contributed by atoms with Gasteiger partial charge < -0.3 is 15.0 Å². The number of aryl methyl sites for hydroxylation is 1. The molecule has 0 unspecified atom stereocenters. The lowest BCUT2D eigenvalue weighted by molar-refractivity contribution is 0.101. The van der Waals surface area contributed by atoms with Crippen molar-refractivity contribution in [2.24, 2.45) is 12.8 Å². The van der Waals surface area contributed by atoms with E-state index in [1.54, 1.807) is 6.08 Å². The Bertz CT molecular complexity index is 1050. The second kappa shape index (κ2) is 7.53.